The average molecular weight is 372 g/mol. The molecule has 1 amide bonds. The Labute approximate surface area is 155 Å². The zero-order valence-electron chi connectivity index (χ0n) is 15.0. The van der Waals surface area contributed by atoms with Crippen molar-refractivity contribution >= 4 is 32.6 Å². The van der Waals surface area contributed by atoms with E-state index in [0.29, 0.717) is 27.9 Å². The van der Waals surface area contributed by atoms with Crippen LogP contribution >= 0.6 is 11.3 Å². The van der Waals surface area contributed by atoms with E-state index in [1.165, 1.54) is 11.3 Å². The van der Waals surface area contributed by atoms with Gasteiger partial charge < -0.3 is 14.2 Å². The lowest BCUT2D eigenvalue weighted by molar-refractivity contribution is 0.102. The molecule has 1 aromatic heterocycles. The molecule has 0 unspecified atom stereocenters. The number of carbonyl (C=O) groups is 1. The largest absolute Gasteiger partial charge is 0.494 e. The maximum absolute atomic E-state index is 12.6. The predicted molar refractivity (Wildman–Crippen MR) is 103 cm³/mol. The molecule has 0 bridgehead atoms. The van der Waals surface area contributed by atoms with Crippen molar-refractivity contribution in [1.29, 1.82) is 0 Å². The number of methoxy groups -OCH3 is 2. The fraction of sp³-hybridized carbons (Fsp3) is 0.263. The van der Waals surface area contributed by atoms with Crippen LogP contribution in [0.3, 0.4) is 0 Å². The van der Waals surface area contributed by atoms with Crippen LogP contribution in [0, 0.1) is 0 Å². The van der Waals surface area contributed by atoms with Crippen molar-refractivity contribution in [2.75, 3.05) is 19.5 Å². The zero-order chi connectivity index (χ0) is 18.7. The lowest BCUT2D eigenvalue weighted by atomic mass is 10.2. The van der Waals surface area contributed by atoms with Crippen molar-refractivity contribution in [3.05, 3.63) is 42.0 Å². The van der Waals surface area contributed by atoms with Gasteiger partial charge in [-0.15, -0.1) is 0 Å². The number of amides is 1. The molecule has 0 atom stereocenters. The van der Waals surface area contributed by atoms with Crippen molar-refractivity contribution < 1.29 is 19.0 Å². The van der Waals surface area contributed by atoms with Gasteiger partial charge in [-0.05, 0) is 44.2 Å². The minimum absolute atomic E-state index is 0.0151. The molecule has 0 aliphatic carbocycles. The van der Waals surface area contributed by atoms with Crippen LogP contribution in [-0.4, -0.2) is 31.2 Å². The Morgan fingerprint density at radius 3 is 2.54 bits per heavy atom. The number of thiazole rings is 1. The van der Waals surface area contributed by atoms with Crippen molar-refractivity contribution in [3.63, 3.8) is 0 Å². The van der Waals surface area contributed by atoms with Crippen LogP contribution < -0.4 is 19.5 Å². The summed E-state index contributed by atoms with van der Waals surface area (Å²) >= 11 is 1.39. The minimum atomic E-state index is -0.266. The molecule has 7 heteroatoms. The van der Waals surface area contributed by atoms with E-state index in [4.69, 9.17) is 14.2 Å². The average Bonchev–Trinajstić information content (AvgIpc) is 3.03. The van der Waals surface area contributed by atoms with Crippen molar-refractivity contribution in [2.45, 2.75) is 20.0 Å². The van der Waals surface area contributed by atoms with Crippen LogP contribution in [0.4, 0.5) is 5.13 Å². The lowest BCUT2D eigenvalue weighted by Crippen LogP contribution is -2.12. The highest BCUT2D eigenvalue weighted by Crippen LogP contribution is 2.33. The summed E-state index contributed by atoms with van der Waals surface area (Å²) in [6.45, 7) is 3.86. The van der Waals surface area contributed by atoms with Gasteiger partial charge in [0.15, 0.2) is 16.6 Å². The predicted octanol–water partition coefficient (Wildman–Crippen LogP) is 4.35. The first-order valence-electron chi connectivity index (χ1n) is 8.11. The van der Waals surface area contributed by atoms with Gasteiger partial charge in [0.2, 0.25) is 0 Å². The van der Waals surface area contributed by atoms with Gasteiger partial charge in [-0.25, -0.2) is 4.98 Å². The van der Waals surface area contributed by atoms with Gasteiger partial charge >= 0.3 is 0 Å². The van der Waals surface area contributed by atoms with Crippen LogP contribution in [0.2, 0.25) is 0 Å². The third-order valence-electron chi connectivity index (χ3n) is 3.61. The molecule has 0 fully saturated rings. The number of hydrogen-bond acceptors (Lipinski definition) is 6. The summed E-state index contributed by atoms with van der Waals surface area (Å²) in [5.41, 5.74) is 1.19. The Hall–Kier alpha value is -2.80. The topological polar surface area (TPSA) is 69.7 Å². The Morgan fingerprint density at radius 2 is 1.85 bits per heavy atom. The molecule has 1 N–H and O–H groups in total. The van der Waals surface area contributed by atoms with Crippen LogP contribution in [0.15, 0.2) is 36.4 Å². The first-order chi connectivity index (χ1) is 12.5. The SMILES string of the molecule is COc1cc(C(=O)Nc2nc3c(OC)cccc3s2)ccc1OC(C)C. The van der Waals surface area contributed by atoms with Gasteiger partial charge in [-0.2, -0.15) is 0 Å². The fourth-order valence-corrected chi connectivity index (χ4v) is 3.35. The first kappa shape index (κ1) is 18.0. The van der Waals surface area contributed by atoms with E-state index < -0.39 is 0 Å². The number of fused-ring (bicyclic) bond motifs is 1. The van der Waals surface area contributed by atoms with Gasteiger partial charge in [0.05, 0.1) is 25.0 Å². The second kappa shape index (κ2) is 7.61. The van der Waals surface area contributed by atoms with Crippen molar-refractivity contribution in [1.82, 2.24) is 4.98 Å². The summed E-state index contributed by atoms with van der Waals surface area (Å²) in [5.74, 6) is 1.52. The molecule has 1 heterocycles. The summed E-state index contributed by atoms with van der Waals surface area (Å²) in [5, 5.41) is 3.34. The van der Waals surface area contributed by atoms with E-state index in [-0.39, 0.29) is 12.0 Å². The second-order valence-electron chi connectivity index (χ2n) is 5.81. The third-order valence-corrected chi connectivity index (χ3v) is 4.55. The summed E-state index contributed by atoms with van der Waals surface area (Å²) in [6.07, 6.45) is 0.0151. The minimum Gasteiger partial charge on any atom is -0.494 e. The van der Waals surface area contributed by atoms with Crippen LogP contribution in [-0.2, 0) is 0 Å². The van der Waals surface area contributed by atoms with Crippen molar-refractivity contribution in [3.8, 4) is 17.2 Å². The smallest absolute Gasteiger partial charge is 0.257 e. The van der Waals surface area contributed by atoms with Crippen LogP contribution in [0.1, 0.15) is 24.2 Å². The number of nitrogens with one attached hydrogen (secondary N) is 1. The molecule has 136 valence electrons. The van der Waals surface area contributed by atoms with E-state index in [1.807, 2.05) is 32.0 Å². The maximum Gasteiger partial charge on any atom is 0.257 e. The molecule has 3 aromatic rings. The van der Waals surface area contributed by atoms with Gasteiger partial charge in [0.25, 0.3) is 5.91 Å². The second-order valence-corrected chi connectivity index (χ2v) is 6.84. The summed E-state index contributed by atoms with van der Waals surface area (Å²) in [4.78, 5) is 17.0. The van der Waals surface area contributed by atoms with E-state index >= 15 is 0 Å². The van der Waals surface area contributed by atoms with E-state index in [0.717, 1.165) is 10.2 Å². The molecule has 0 spiro atoms. The monoisotopic (exact) mass is 372 g/mol. The van der Waals surface area contributed by atoms with Gasteiger partial charge in [-0.3, -0.25) is 10.1 Å². The lowest BCUT2D eigenvalue weighted by Gasteiger charge is -2.14. The van der Waals surface area contributed by atoms with E-state index in [9.17, 15) is 4.79 Å². The quantitative estimate of drug-likeness (QED) is 0.696. The van der Waals surface area contributed by atoms with E-state index in [2.05, 4.69) is 10.3 Å². The molecule has 0 aliphatic heterocycles. The van der Waals surface area contributed by atoms with E-state index in [1.54, 1.807) is 32.4 Å². The molecule has 0 radical (unpaired) electrons. The normalized spacial score (nSPS) is 10.8. The highest BCUT2D eigenvalue weighted by atomic mass is 32.1. The number of benzene rings is 2. The number of carbonyl (C=O) groups excluding carboxylic acids is 1. The number of aromatic nitrogens is 1. The maximum atomic E-state index is 12.6. The summed E-state index contributed by atoms with van der Waals surface area (Å²) in [6, 6.07) is 10.8. The van der Waals surface area contributed by atoms with Crippen LogP contribution in [0.5, 0.6) is 17.2 Å². The summed E-state index contributed by atoms with van der Waals surface area (Å²) < 4.78 is 17.3. The van der Waals surface area contributed by atoms with Crippen LogP contribution in [0.25, 0.3) is 10.2 Å². The Morgan fingerprint density at radius 1 is 1.08 bits per heavy atom. The zero-order valence-corrected chi connectivity index (χ0v) is 15.8. The molecular formula is C19H20N2O4S. The number of nitrogens with zero attached hydrogens (tertiary/aromatic N) is 1. The number of anilines is 1. The first-order valence-corrected chi connectivity index (χ1v) is 8.93. The summed E-state index contributed by atoms with van der Waals surface area (Å²) in [7, 11) is 3.14. The molecule has 0 aliphatic rings. The molecule has 6 nitrogen and oxygen atoms in total. The molecular weight excluding hydrogens is 352 g/mol. The fourth-order valence-electron chi connectivity index (χ4n) is 2.47. The molecule has 2 aromatic carbocycles. The Balaban J connectivity index is 1.84. The number of hydrogen-bond donors (Lipinski definition) is 1. The molecule has 3 rings (SSSR count). The highest BCUT2D eigenvalue weighted by Gasteiger charge is 2.15. The number of ether oxygens (including phenoxy) is 3. The number of para-hydroxylation sites is 1. The highest BCUT2D eigenvalue weighted by molar-refractivity contribution is 7.22. The third kappa shape index (κ3) is 3.72. The molecule has 0 saturated heterocycles. The Bertz CT molecular complexity index is 936. The van der Waals surface area contributed by atoms with Crippen molar-refractivity contribution in [2.24, 2.45) is 0 Å². The molecule has 0 saturated carbocycles. The van der Waals surface area contributed by atoms with Gasteiger partial charge in [0, 0.05) is 5.56 Å². The van der Waals surface area contributed by atoms with Gasteiger partial charge in [0.1, 0.15) is 11.3 Å². The van der Waals surface area contributed by atoms with Gasteiger partial charge in [-0.1, -0.05) is 17.4 Å². The Kier molecular flexibility index (Phi) is 5.27. The number of rotatable bonds is 6. The molecule has 26 heavy (non-hydrogen) atoms. The standard InChI is InChI=1S/C19H20N2O4S/c1-11(2)25-13-9-8-12(10-15(13)24-4)18(22)21-19-20-17-14(23-3)6-5-7-16(17)26-19/h5-11H,1-4H3,(H,20,21,22).